The molecule has 1 amide bonds. The molecule has 0 aromatic carbocycles. The Balaban J connectivity index is 1.76. The van der Waals surface area contributed by atoms with Gasteiger partial charge in [0, 0.05) is 57.6 Å². The minimum absolute atomic E-state index is 0.192. The number of amides is 1. The lowest BCUT2D eigenvalue weighted by molar-refractivity contribution is -0.132. The van der Waals surface area contributed by atoms with E-state index in [-0.39, 0.29) is 4.75 Å². The van der Waals surface area contributed by atoms with Crippen LogP contribution in [0.5, 0.6) is 0 Å². The highest BCUT2D eigenvalue weighted by Gasteiger charge is 2.24. The zero-order valence-electron chi connectivity index (χ0n) is 17.1. The van der Waals surface area contributed by atoms with Crippen molar-refractivity contribution < 1.29 is 4.79 Å². The third kappa shape index (κ3) is 6.65. The standard InChI is InChI=1S/C19H37N5OS/c1-19(2,26-4)16-21-18(20-3)24-13-11-22(12-14-24)15-17(25)23-9-7-5-6-8-10-23/h5-16H2,1-4H3,(H,20,21). The van der Waals surface area contributed by atoms with Crippen molar-refractivity contribution in [2.45, 2.75) is 44.3 Å². The molecule has 26 heavy (non-hydrogen) atoms. The van der Waals surface area contributed by atoms with Crippen LogP contribution in [0.3, 0.4) is 0 Å². The van der Waals surface area contributed by atoms with Crippen molar-refractivity contribution in [3.05, 3.63) is 0 Å². The van der Waals surface area contributed by atoms with Gasteiger partial charge in [0.05, 0.1) is 6.54 Å². The van der Waals surface area contributed by atoms with Gasteiger partial charge in [-0.1, -0.05) is 12.8 Å². The van der Waals surface area contributed by atoms with Crippen LogP contribution in [0.2, 0.25) is 0 Å². The van der Waals surface area contributed by atoms with E-state index in [1.807, 2.05) is 18.8 Å². The molecule has 2 fully saturated rings. The minimum Gasteiger partial charge on any atom is -0.355 e. The molecular weight excluding hydrogens is 346 g/mol. The molecule has 2 rings (SSSR count). The van der Waals surface area contributed by atoms with Gasteiger partial charge < -0.3 is 15.1 Å². The smallest absolute Gasteiger partial charge is 0.236 e. The zero-order chi connectivity index (χ0) is 19.0. The number of likely N-dealkylation sites (tertiary alicyclic amines) is 1. The monoisotopic (exact) mass is 383 g/mol. The normalized spacial score (nSPS) is 20.8. The van der Waals surface area contributed by atoms with Crippen LogP contribution in [0.4, 0.5) is 0 Å². The average molecular weight is 384 g/mol. The summed E-state index contributed by atoms with van der Waals surface area (Å²) >= 11 is 1.86. The molecule has 0 unspecified atom stereocenters. The van der Waals surface area contributed by atoms with Gasteiger partial charge in [0.2, 0.25) is 5.91 Å². The molecule has 0 spiro atoms. The molecule has 0 aliphatic carbocycles. The molecule has 2 saturated heterocycles. The van der Waals surface area contributed by atoms with E-state index in [0.717, 1.165) is 64.6 Å². The van der Waals surface area contributed by atoms with E-state index in [4.69, 9.17) is 0 Å². The largest absolute Gasteiger partial charge is 0.355 e. The van der Waals surface area contributed by atoms with E-state index in [0.29, 0.717) is 12.5 Å². The number of hydrogen-bond donors (Lipinski definition) is 1. The molecule has 2 aliphatic rings. The van der Waals surface area contributed by atoms with Crippen LogP contribution in [-0.4, -0.2) is 97.0 Å². The van der Waals surface area contributed by atoms with Gasteiger partial charge in [0.25, 0.3) is 0 Å². The maximum absolute atomic E-state index is 12.6. The summed E-state index contributed by atoms with van der Waals surface area (Å²) in [5, 5.41) is 3.51. The summed E-state index contributed by atoms with van der Waals surface area (Å²) in [6.07, 6.45) is 7.00. The third-order valence-corrected chi connectivity index (χ3v) is 6.68. The van der Waals surface area contributed by atoms with Crippen LogP contribution >= 0.6 is 11.8 Å². The number of carbonyl (C=O) groups is 1. The van der Waals surface area contributed by atoms with E-state index < -0.39 is 0 Å². The molecule has 0 radical (unpaired) electrons. The van der Waals surface area contributed by atoms with Gasteiger partial charge in [-0.25, -0.2) is 0 Å². The molecule has 0 saturated carbocycles. The van der Waals surface area contributed by atoms with Crippen molar-refractivity contribution in [3.8, 4) is 0 Å². The van der Waals surface area contributed by atoms with Crippen LogP contribution < -0.4 is 5.32 Å². The molecule has 0 aromatic heterocycles. The van der Waals surface area contributed by atoms with Crippen LogP contribution in [0.25, 0.3) is 0 Å². The van der Waals surface area contributed by atoms with Crippen LogP contribution in [0, 0.1) is 0 Å². The summed E-state index contributed by atoms with van der Waals surface area (Å²) in [6.45, 7) is 11.5. The number of rotatable bonds is 5. The highest BCUT2D eigenvalue weighted by atomic mass is 32.2. The number of thioether (sulfide) groups is 1. The molecule has 0 aromatic rings. The maximum atomic E-state index is 12.6. The van der Waals surface area contributed by atoms with Gasteiger partial charge in [-0.05, 0) is 32.9 Å². The van der Waals surface area contributed by atoms with E-state index >= 15 is 0 Å². The fourth-order valence-electron chi connectivity index (χ4n) is 3.43. The number of guanidine groups is 1. The predicted octanol–water partition coefficient (Wildman–Crippen LogP) is 1.72. The van der Waals surface area contributed by atoms with E-state index in [1.165, 1.54) is 12.8 Å². The van der Waals surface area contributed by atoms with Gasteiger partial charge in [0.1, 0.15) is 0 Å². The fourth-order valence-corrected chi connectivity index (χ4v) is 3.64. The SMILES string of the molecule is CN=C(NCC(C)(C)SC)N1CCN(CC(=O)N2CCCCCC2)CC1. The summed E-state index contributed by atoms with van der Waals surface area (Å²) in [5.41, 5.74) is 0. The highest BCUT2D eigenvalue weighted by molar-refractivity contribution is 7.99. The predicted molar refractivity (Wildman–Crippen MR) is 112 cm³/mol. The van der Waals surface area contributed by atoms with Crippen molar-refractivity contribution in [3.63, 3.8) is 0 Å². The minimum atomic E-state index is 0.192. The molecule has 2 heterocycles. The Morgan fingerprint density at radius 2 is 1.62 bits per heavy atom. The highest BCUT2D eigenvalue weighted by Crippen LogP contribution is 2.19. The first kappa shape index (κ1) is 21.4. The van der Waals surface area contributed by atoms with Crippen LogP contribution in [0.15, 0.2) is 4.99 Å². The Hall–Kier alpha value is -0.950. The number of nitrogens with zero attached hydrogens (tertiary/aromatic N) is 4. The van der Waals surface area contributed by atoms with Crippen molar-refractivity contribution in [1.82, 2.24) is 20.0 Å². The zero-order valence-corrected chi connectivity index (χ0v) is 17.9. The Bertz CT molecular complexity index is 467. The molecule has 1 N–H and O–H groups in total. The first-order valence-corrected chi connectivity index (χ1v) is 11.2. The third-order valence-electron chi connectivity index (χ3n) is 5.43. The Morgan fingerprint density at radius 3 is 2.15 bits per heavy atom. The van der Waals surface area contributed by atoms with Crippen molar-refractivity contribution in [2.24, 2.45) is 4.99 Å². The summed E-state index contributed by atoms with van der Waals surface area (Å²) in [4.78, 5) is 23.7. The molecular formula is C19H37N5OS. The van der Waals surface area contributed by atoms with Crippen LogP contribution in [-0.2, 0) is 4.79 Å². The number of hydrogen-bond acceptors (Lipinski definition) is 4. The van der Waals surface area contributed by atoms with Gasteiger partial charge >= 0.3 is 0 Å². The first-order chi connectivity index (χ1) is 12.4. The maximum Gasteiger partial charge on any atom is 0.236 e. The van der Waals surface area contributed by atoms with Crippen LogP contribution in [0.1, 0.15) is 39.5 Å². The number of piperazine rings is 1. The summed E-state index contributed by atoms with van der Waals surface area (Å²) < 4.78 is 0.192. The van der Waals surface area contributed by atoms with Crippen molar-refractivity contribution in [2.75, 3.05) is 65.7 Å². The lowest BCUT2D eigenvalue weighted by atomic mass is 10.2. The van der Waals surface area contributed by atoms with Gasteiger partial charge in [-0.3, -0.25) is 14.7 Å². The molecule has 7 heteroatoms. The molecule has 150 valence electrons. The second kappa shape index (κ2) is 10.4. The summed E-state index contributed by atoms with van der Waals surface area (Å²) in [6, 6.07) is 0. The average Bonchev–Trinajstić information content (AvgIpc) is 2.93. The van der Waals surface area contributed by atoms with E-state index in [9.17, 15) is 4.79 Å². The van der Waals surface area contributed by atoms with Gasteiger partial charge in [-0.15, -0.1) is 0 Å². The Kier molecular flexibility index (Phi) is 8.54. The summed E-state index contributed by atoms with van der Waals surface area (Å²) in [5.74, 6) is 1.29. The fraction of sp³-hybridized carbons (Fsp3) is 0.895. The number of carbonyl (C=O) groups excluding carboxylic acids is 1. The second-order valence-electron chi connectivity index (χ2n) is 7.92. The van der Waals surface area contributed by atoms with Crippen molar-refractivity contribution >= 4 is 23.6 Å². The van der Waals surface area contributed by atoms with Gasteiger partial charge in [-0.2, -0.15) is 11.8 Å². The molecule has 0 bridgehead atoms. The van der Waals surface area contributed by atoms with Crippen molar-refractivity contribution in [1.29, 1.82) is 0 Å². The topological polar surface area (TPSA) is 51.2 Å². The second-order valence-corrected chi connectivity index (χ2v) is 9.44. The molecule has 0 atom stereocenters. The summed E-state index contributed by atoms with van der Waals surface area (Å²) in [7, 11) is 1.85. The number of nitrogens with one attached hydrogen (secondary N) is 1. The van der Waals surface area contributed by atoms with Gasteiger partial charge in [0.15, 0.2) is 5.96 Å². The Labute approximate surface area is 163 Å². The van der Waals surface area contributed by atoms with E-state index in [1.54, 1.807) is 0 Å². The lowest BCUT2D eigenvalue weighted by Gasteiger charge is -2.37. The Morgan fingerprint density at radius 1 is 1.00 bits per heavy atom. The first-order valence-electron chi connectivity index (χ1n) is 9.96. The lowest BCUT2D eigenvalue weighted by Crippen LogP contribution is -2.55. The van der Waals surface area contributed by atoms with E-state index in [2.05, 4.69) is 45.1 Å². The molecule has 6 nitrogen and oxygen atoms in total. The molecule has 2 aliphatic heterocycles. The number of aliphatic imine (C=N–C) groups is 1. The quantitative estimate of drug-likeness (QED) is 0.579.